The Morgan fingerprint density at radius 1 is 1.35 bits per heavy atom. The molecule has 8 nitrogen and oxygen atoms in total. The fraction of sp³-hybridized carbons (Fsp3) is 0.357. The molecular weight excluding hydrogens is 320 g/mol. The minimum Gasteiger partial charge on any atom is -0.343 e. The number of nitrogens with zero attached hydrogens (tertiary/aromatic N) is 3. The van der Waals surface area contributed by atoms with Gasteiger partial charge in [0, 0.05) is 31.6 Å². The molecule has 0 radical (unpaired) electrons. The molecule has 9 heteroatoms. The molecule has 0 aliphatic carbocycles. The van der Waals surface area contributed by atoms with Gasteiger partial charge in [-0.05, 0) is 30.7 Å². The second kappa shape index (κ2) is 6.09. The molecule has 2 aromatic rings. The van der Waals surface area contributed by atoms with Crippen LogP contribution in [-0.2, 0) is 14.8 Å². The van der Waals surface area contributed by atoms with Crippen LogP contribution in [0.4, 0.5) is 5.69 Å². The minimum atomic E-state index is -3.57. The van der Waals surface area contributed by atoms with E-state index in [1.807, 2.05) is 0 Å². The molecule has 1 atom stereocenters. The van der Waals surface area contributed by atoms with Gasteiger partial charge in [-0.3, -0.25) is 4.79 Å². The highest BCUT2D eigenvalue weighted by molar-refractivity contribution is 7.89. The summed E-state index contributed by atoms with van der Waals surface area (Å²) >= 11 is 0. The average molecular weight is 336 g/mol. The van der Waals surface area contributed by atoms with Gasteiger partial charge in [0.05, 0.1) is 4.90 Å². The van der Waals surface area contributed by atoms with E-state index in [9.17, 15) is 13.2 Å². The van der Waals surface area contributed by atoms with Crippen molar-refractivity contribution in [3.63, 3.8) is 0 Å². The number of hydrogen-bond acceptors (Lipinski definition) is 6. The Morgan fingerprint density at radius 3 is 2.70 bits per heavy atom. The van der Waals surface area contributed by atoms with E-state index in [1.165, 1.54) is 29.8 Å². The molecule has 1 amide bonds. The second-order valence-electron chi connectivity index (χ2n) is 5.34. The molecular formula is C14H16N4O4S. The standard InChI is InChI=1S/C14H16N4O4S/c1-10(19)16-12-2-4-13(5-3-12)23(20,21)18-7-6-11(8-18)14-15-9-22-17-14/h2-5,9,11H,6-8H2,1H3,(H,16,19)/t11-/m0/s1. The first-order valence-corrected chi connectivity index (χ1v) is 8.55. The van der Waals surface area contributed by atoms with E-state index in [1.54, 1.807) is 12.1 Å². The lowest BCUT2D eigenvalue weighted by molar-refractivity contribution is -0.114. The Balaban J connectivity index is 1.75. The summed E-state index contributed by atoms with van der Waals surface area (Å²) in [6.45, 7) is 2.14. The third kappa shape index (κ3) is 3.25. The monoisotopic (exact) mass is 336 g/mol. The molecule has 0 saturated carbocycles. The van der Waals surface area contributed by atoms with Crippen molar-refractivity contribution >= 4 is 21.6 Å². The maximum absolute atomic E-state index is 12.7. The summed E-state index contributed by atoms with van der Waals surface area (Å²) in [5.74, 6) is 0.272. The first-order valence-electron chi connectivity index (χ1n) is 7.11. The summed E-state index contributed by atoms with van der Waals surface area (Å²) in [5.41, 5.74) is 0.558. The molecule has 1 aliphatic rings. The molecule has 1 aromatic carbocycles. The van der Waals surface area contributed by atoms with Gasteiger partial charge in [-0.1, -0.05) is 5.16 Å². The number of amides is 1. The van der Waals surface area contributed by atoms with Gasteiger partial charge < -0.3 is 9.84 Å². The number of anilines is 1. The SMILES string of the molecule is CC(=O)Nc1ccc(S(=O)(=O)N2CC[C@H](c3ncon3)C2)cc1. The highest BCUT2D eigenvalue weighted by atomic mass is 32.2. The molecule has 0 spiro atoms. The van der Waals surface area contributed by atoms with Crippen LogP contribution < -0.4 is 5.32 Å². The summed E-state index contributed by atoms with van der Waals surface area (Å²) < 4.78 is 31.4. The van der Waals surface area contributed by atoms with Crippen molar-refractivity contribution in [1.29, 1.82) is 0 Å². The van der Waals surface area contributed by atoms with Crippen LogP contribution in [0.1, 0.15) is 25.1 Å². The summed E-state index contributed by atoms with van der Waals surface area (Å²) in [6, 6.07) is 6.12. The summed E-state index contributed by atoms with van der Waals surface area (Å²) in [5, 5.41) is 6.38. The van der Waals surface area contributed by atoms with Crippen LogP contribution >= 0.6 is 0 Å². The molecule has 0 unspecified atom stereocenters. The van der Waals surface area contributed by atoms with Gasteiger partial charge in [0.25, 0.3) is 0 Å². The van der Waals surface area contributed by atoms with Crippen molar-refractivity contribution in [1.82, 2.24) is 14.4 Å². The predicted octanol–water partition coefficient (Wildman–Crippen LogP) is 1.21. The van der Waals surface area contributed by atoms with E-state index < -0.39 is 10.0 Å². The zero-order chi connectivity index (χ0) is 16.4. The van der Waals surface area contributed by atoms with Crippen molar-refractivity contribution in [2.75, 3.05) is 18.4 Å². The number of hydrogen-bond donors (Lipinski definition) is 1. The number of benzene rings is 1. The van der Waals surface area contributed by atoms with Gasteiger partial charge in [-0.15, -0.1) is 0 Å². The Labute approximate surface area is 133 Å². The van der Waals surface area contributed by atoms with Crippen LogP contribution in [0.25, 0.3) is 0 Å². The third-order valence-corrected chi connectivity index (χ3v) is 5.59. The molecule has 1 aromatic heterocycles. The number of rotatable bonds is 4. The van der Waals surface area contributed by atoms with E-state index in [-0.39, 0.29) is 16.7 Å². The van der Waals surface area contributed by atoms with Crippen molar-refractivity contribution in [2.24, 2.45) is 0 Å². The highest BCUT2D eigenvalue weighted by Gasteiger charge is 2.34. The van der Waals surface area contributed by atoms with Gasteiger partial charge in [0.15, 0.2) is 5.82 Å². The maximum atomic E-state index is 12.7. The first kappa shape index (κ1) is 15.6. The van der Waals surface area contributed by atoms with Crippen molar-refractivity contribution < 1.29 is 17.7 Å². The Bertz CT molecular complexity index is 787. The number of aromatic nitrogens is 2. The van der Waals surface area contributed by atoms with Crippen LogP contribution in [0.15, 0.2) is 40.1 Å². The third-order valence-electron chi connectivity index (χ3n) is 3.71. The molecule has 122 valence electrons. The van der Waals surface area contributed by atoms with Gasteiger partial charge in [0.1, 0.15) is 0 Å². The zero-order valence-corrected chi connectivity index (χ0v) is 13.3. The average Bonchev–Trinajstić information content (AvgIpc) is 3.18. The lowest BCUT2D eigenvalue weighted by atomic mass is 10.1. The lowest BCUT2D eigenvalue weighted by Crippen LogP contribution is -2.28. The minimum absolute atomic E-state index is 0.0535. The fourth-order valence-electron chi connectivity index (χ4n) is 2.58. The Hall–Kier alpha value is -2.26. The second-order valence-corrected chi connectivity index (χ2v) is 7.28. The molecule has 23 heavy (non-hydrogen) atoms. The largest absolute Gasteiger partial charge is 0.343 e. The number of carbonyl (C=O) groups is 1. The molecule has 3 rings (SSSR count). The zero-order valence-electron chi connectivity index (χ0n) is 12.5. The van der Waals surface area contributed by atoms with Gasteiger partial charge in [0.2, 0.25) is 22.3 Å². The fourth-order valence-corrected chi connectivity index (χ4v) is 4.08. The van der Waals surface area contributed by atoms with Crippen LogP contribution in [0.2, 0.25) is 0 Å². The van der Waals surface area contributed by atoms with E-state index in [4.69, 9.17) is 4.52 Å². The predicted molar refractivity (Wildman–Crippen MR) is 81.2 cm³/mol. The summed E-state index contributed by atoms with van der Waals surface area (Å²) in [4.78, 5) is 15.2. The van der Waals surface area contributed by atoms with E-state index >= 15 is 0 Å². The molecule has 1 N–H and O–H groups in total. The highest BCUT2D eigenvalue weighted by Crippen LogP contribution is 2.29. The van der Waals surface area contributed by atoms with Crippen molar-refractivity contribution in [2.45, 2.75) is 24.2 Å². The Morgan fingerprint density at radius 2 is 2.09 bits per heavy atom. The molecule has 1 aliphatic heterocycles. The topological polar surface area (TPSA) is 105 Å². The number of carbonyl (C=O) groups excluding carboxylic acids is 1. The van der Waals surface area contributed by atoms with E-state index in [0.717, 1.165) is 0 Å². The van der Waals surface area contributed by atoms with Crippen LogP contribution in [0, 0.1) is 0 Å². The smallest absolute Gasteiger partial charge is 0.243 e. The lowest BCUT2D eigenvalue weighted by Gasteiger charge is -2.16. The molecule has 1 saturated heterocycles. The van der Waals surface area contributed by atoms with Crippen LogP contribution in [0.3, 0.4) is 0 Å². The first-order chi connectivity index (χ1) is 11.0. The number of sulfonamides is 1. The summed E-state index contributed by atoms with van der Waals surface area (Å²) in [6.07, 6.45) is 1.90. The summed E-state index contributed by atoms with van der Waals surface area (Å²) in [7, 11) is -3.57. The molecule has 0 bridgehead atoms. The van der Waals surface area contributed by atoms with Gasteiger partial charge in [-0.2, -0.15) is 9.29 Å². The number of nitrogens with one attached hydrogen (secondary N) is 1. The molecule has 2 heterocycles. The normalized spacial score (nSPS) is 18.9. The van der Waals surface area contributed by atoms with Gasteiger partial charge >= 0.3 is 0 Å². The van der Waals surface area contributed by atoms with Crippen LogP contribution in [0.5, 0.6) is 0 Å². The van der Waals surface area contributed by atoms with E-state index in [2.05, 4.69) is 15.5 Å². The van der Waals surface area contributed by atoms with Crippen molar-refractivity contribution in [3.05, 3.63) is 36.5 Å². The molecule has 1 fully saturated rings. The maximum Gasteiger partial charge on any atom is 0.243 e. The Kier molecular flexibility index (Phi) is 4.14. The van der Waals surface area contributed by atoms with E-state index in [0.29, 0.717) is 31.0 Å². The van der Waals surface area contributed by atoms with Gasteiger partial charge in [-0.25, -0.2) is 8.42 Å². The quantitative estimate of drug-likeness (QED) is 0.899. The van der Waals surface area contributed by atoms with Crippen LogP contribution in [-0.4, -0.2) is 41.9 Å². The van der Waals surface area contributed by atoms with Crippen molar-refractivity contribution in [3.8, 4) is 0 Å².